The average Bonchev–Trinajstić information content (AvgIpc) is 3.24. The van der Waals surface area contributed by atoms with E-state index >= 15 is 4.39 Å². The first-order chi connectivity index (χ1) is 15.9. The van der Waals surface area contributed by atoms with Crippen molar-refractivity contribution in [1.82, 2.24) is 24.4 Å². The number of carbonyl (C=O) groups excluding carboxylic acids is 1. The van der Waals surface area contributed by atoms with Crippen LogP contribution in [-0.4, -0.2) is 55.5 Å². The van der Waals surface area contributed by atoms with Gasteiger partial charge in [-0.3, -0.25) is 14.8 Å². The van der Waals surface area contributed by atoms with Crippen molar-refractivity contribution >= 4 is 16.7 Å². The van der Waals surface area contributed by atoms with Crippen LogP contribution in [0.2, 0.25) is 0 Å². The van der Waals surface area contributed by atoms with Crippen molar-refractivity contribution in [2.75, 3.05) is 19.6 Å². The summed E-state index contributed by atoms with van der Waals surface area (Å²) in [5.41, 5.74) is 1.70. The molecule has 0 unspecified atom stereocenters. The molecule has 0 aromatic carbocycles. The van der Waals surface area contributed by atoms with Crippen molar-refractivity contribution < 1.29 is 9.18 Å². The van der Waals surface area contributed by atoms with Crippen LogP contribution in [0.25, 0.3) is 22.2 Å². The second kappa shape index (κ2) is 8.93. The van der Waals surface area contributed by atoms with Crippen LogP contribution in [0, 0.1) is 5.92 Å². The summed E-state index contributed by atoms with van der Waals surface area (Å²) >= 11 is 0. The van der Waals surface area contributed by atoms with Crippen LogP contribution >= 0.6 is 0 Å². The molecule has 1 fully saturated rings. The Morgan fingerprint density at radius 1 is 1.06 bits per heavy atom. The van der Waals surface area contributed by atoms with Gasteiger partial charge >= 0.3 is 0 Å². The Morgan fingerprint density at radius 2 is 1.88 bits per heavy atom. The van der Waals surface area contributed by atoms with E-state index in [9.17, 15) is 4.79 Å². The first-order valence-electron chi connectivity index (χ1n) is 12.2. The fraction of sp³-hybridized carbons (Fsp3) is 0.538. The number of hydrogen-bond donors (Lipinski definition) is 0. The van der Waals surface area contributed by atoms with E-state index in [0.29, 0.717) is 24.7 Å². The molecule has 0 N–H and O–H groups in total. The number of alkyl halides is 1. The molecule has 0 atom stereocenters. The molecule has 3 aromatic rings. The van der Waals surface area contributed by atoms with E-state index in [1.54, 1.807) is 6.20 Å². The maximum Gasteiger partial charge on any atom is 0.175 e. The quantitative estimate of drug-likeness (QED) is 0.558. The number of piperidine rings is 1. The van der Waals surface area contributed by atoms with Gasteiger partial charge in [0.25, 0.3) is 0 Å². The van der Waals surface area contributed by atoms with E-state index in [1.807, 2.05) is 18.5 Å². The first kappa shape index (κ1) is 22.1. The molecular formula is C26H32FN5O. The molecule has 0 aliphatic carbocycles. The number of aryl methyl sites for hydroxylation is 1. The van der Waals surface area contributed by atoms with E-state index in [-0.39, 0.29) is 25.0 Å². The Morgan fingerprint density at radius 3 is 2.67 bits per heavy atom. The molecule has 2 aliphatic rings. The molecule has 0 radical (unpaired) electrons. The highest BCUT2D eigenvalue weighted by Gasteiger charge is 2.41. The number of aromatic nitrogens is 4. The standard InChI is InChI=1S/C26H32FN5O/c1-18(2)17-31-9-6-26(27,7-10-31)24(33)13-21-12-19-11-20(14-29-22(19)15-28-21)23-16-30-25-5-3-4-8-32(23)25/h11-12,14-16,18H,3-10,13,17H2,1-2H3. The number of likely N-dealkylation sites (tertiary alicyclic amines) is 1. The summed E-state index contributed by atoms with van der Waals surface area (Å²) in [4.78, 5) is 28.7. The van der Waals surface area contributed by atoms with Gasteiger partial charge in [-0.05, 0) is 30.9 Å². The zero-order chi connectivity index (χ0) is 23.0. The topological polar surface area (TPSA) is 63.9 Å². The van der Waals surface area contributed by atoms with Gasteiger partial charge in [-0.15, -0.1) is 0 Å². The predicted octanol–water partition coefficient (Wildman–Crippen LogP) is 4.40. The lowest BCUT2D eigenvalue weighted by Gasteiger charge is -2.36. The summed E-state index contributed by atoms with van der Waals surface area (Å²) in [6, 6.07) is 3.96. The predicted molar refractivity (Wildman–Crippen MR) is 127 cm³/mol. The van der Waals surface area contributed by atoms with Crippen molar-refractivity contribution in [3.8, 4) is 11.3 Å². The molecule has 1 saturated heterocycles. The van der Waals surface area contributed by atoms with E-state index in [4.69, 9.17) is 0 Å². The van der Waals surface area contributed by atoms with E-state index in [1.165, 1.54) is 6.42 Å². The molecule has 0 saturated carbocycles. The highest BCUT2D eigenvalue weighted by atomic mass is 19.1. The highest BCUT2D eigenvalue weighted by molar-refractivity contribution is 5.90. The Labute approximate surface area is 194 Å². The third-order valence-corrected chi connectivity index (χ3v) is 7.00. The summed E-state index contributed by atoms with van der Waals surface area (Å²) in [6.45, 7) is 7.52. The van der Waals surface area contributed by atoms with E-state index in [2.05, 4.69) is 44.3 Å². The van der Waals surface area contributed by atoms with E-state index < -0.39 is 5.67 Å². The minimum Gasteiger partial charge on any atom is -0.328 e. The third-order valence-electron chi connectivity index (χ3n) is 7.00. The smallest absolute Gasteiger partial charge is 0.175 e. The molecule has 6 nitrogen and oxygen atoms in total. The van der Waals surface area contributed by atoms with Gasteiger partial charge in [0.05, 0.1) is 30.0 Å². The Kier molecular flexibility index (Phi) is 5.99. The summed E-state index contributed by atoms with van der Waals surface area (Å²) in [7, 11) is 0. The van der Waals surface area contributed by atoms with Crippen molar-refractivity contribution in [3.63, 3.8) is 0 Å². The lowest BCUT2D eigenvalue weighted by molar-refractivity contribution is -0.133. The number of Topliss-reactive ketones (excluding diaryl/α,β-unsaturated/α-hetero) is 1. The molecule has 7 heteroatoms. The summed E-state index contributed by atoms with van der Waals surface area (Å²) < 4.78 is 17.7. The zero-order valence-corrected chi connectivity index (χ0v) is 19.6. The number of rotatable bonds is 6. The van der Waals surface area contributed by atoms with Crippen molar-refractivity contribution in [2.24, 2.45) is 5.92 Å². The molecule has 3 aromatic heterocycles. The molecule has 5 rings (SSSR count). The van der Waals surface area contributed by atoms with Crippen molar-refractivity contribution in [3.05, 3.63) is 42.2 Å². The fourth-order valence-electron chi connectivity index (χ4n) is 5.17. The maximum absolute atomic E-state index is 15.5. The number of halogens is 1. The fourth-order valence-corrected chi connectivity index (χ4v) is 5.17. The van der Waals surface area contributed by atoms with Gasteiger partial charge in [-0.25, -0.2) is 9.37 Å². The summed E-state index contributed by atoms with van der Waals surface area (Å²) in [6.07, 6.45) is 9.37. The van der Waals surface area contributed by atoms with Gasteiger partial charge in [0, 0.05) is 68.3 Å². The van der Waals surface area contributed by atoms with Gasteiger partial charge < -0.3 is 9.47 Å². The van der Waals surface area contributed by atoms with Gasteiger partial charge in [-0.1, -0.05) is 13.8 Å². The maximum atomic E-state index is 15.5. The molecule has 0 spiro atoms. The number of imidazole rings is 1. The number of hydrogen-bond acceptors (Lipinski definition) is 5. The van der Waals surface area contributed by atoms with Crippen LogP contribution in [0.15, 0.2) is 30.7 Å². The van der Waals surface area contributed by atoms with E-state index in [0.717, 1.165) is 53.9 Å². The van der Waals surface area contributed by atoms with Gasteiger partial charge in [-0.2, -0.15) is 0 Å². The van der Waals surface area contributed by atoms with Crippen LogP contribution < -0.4 is 0 Å². The molecule has 0 bridgehead atoms. The summed E-state index contributed by atoms with van der Waals surface area (Å²) in [5.74, 6) is 1.32. The SMILES string of the molecule is CC(C)CN1CCC(F)(C(=O)Cc2cc3cc(-c4cnc5n4CCCC5)cnc3cn2)CC1. The van der Waals surface area contributed by atoms with Crippen molar-refractivity contribution in [1.29, 1.82) is 0 Å². The second-order valence-electron chi connectivity index (χ2n) is 10.0. The van der Waals surface area contributed by atoms with Crippen LogP contribution in [0.3, 0.4) is 0 Å². The zero-order valence-electron chi connectivity index (χ0n) is 19.6. The molecule has 0 amide bonds. The highest BCUT2D eigenvalue weighted by Crippen LogP contribution is 2.30. The molecule has 2 aliphatic heterocycles. The lowest BCUT2D eigenvalue weighted by atomic mass is 9.86. The number of nitrogens with zero attached hydrogens (tertiary/aromatic N) is 5. The van der Waals surface area contributed by atoms with Gasteiger partial charge in [0.15, 0.2) is 11.5 Å². The summed E-state index contributed by atoms with van der Waals surface area (Å²) in [5, 5.41) is 0.913. The van der Waals surface area contributed by atoms with Crippen LogP contribution in [0.1, 0.15) is 51.0 Å². The Bertz CT molecular complexity index is 1160. The second-order valence-corrected chi connectivity index (χ2v) is 10.0. The molecule has 33 heavy (non-hydrogen) atoms. The Balaban J connectivity index is 1.33. The van der Waals surface area contributed by atoms with Crippen molar-refractivity contribution in [2.45, 2.75) is 64.6 Å². The van der Waals surface area contributed by atoms with Gasteiger partial charge in [0.2, 0.25) is 0 Å². The number of pyridine rings is 2. The number of fused-ring (bicyclic) bond motifs is 2. The monoisotopic (exact) mass is 449 g/mol. The first-order valence-corrected chi connectivity index (χ1v) is 12.2. The third kappa shape index (κ3) is 4.56. The van der Waals surface area contributed by atoms with Crippen LogP contribution in [0.4, 0.5) is 4.39 Å². The minimum atomic E-state index is -1.75. The number of carbonyl (C=O) groups is 1. The Hall–Kier alpha value is -2.67. The largest absolute Gasteiger partial charge is 0.328 e. The lowest BCUT2D eigenvalue weighted by Crippen LogP contribution is -2.47. The molecule has 5 heterocycles. The average molecular weight is 450 g/mol. The van der Waals surface area contributed by atoms with Gasteiger partial charge in [0.1, 0.15) is 5.82 Å². The molecular weight excluding hydrogens is 417 g/mol. The van der Waals surface area contributed by atoms with Crippen LogP contribution in [0.5, 0.6) is 0 Å². The molecule has 174 valence electrons. The minimum absolute atomic E-state index is 0.0168. The van der Waals surface area contributed by atoms with Crippen LogP contribution in [-0.2, 0) is 24.2 Å². The number of ketones is 1. The normalized spacial score (nSPS) is 18.5.